The van der Waals surface area contributed by atoms with Gasteiger partial charge in [0.2, 0.25) is 0 Å². The van der Waals surface area contributed by atoms with Crippen LogP contribution in [-0.4, -0.2) is 39.0 Å². The zero-order valence-corrected chi connectivity index (χ0v) is 6.01. The van der Waals surface area contributed by atoms with Crippen molar-refractivity contribution >= 4 is 0 Å². The zero-order valence-electron chi connectivity index (χ0n) is 6.01. The highest BCUT2D eigenvalue weighted by Gasteiger charge is 2.29. The Morgan fingerprint density at radius 2 is 2.30 bits per heavy atom. The van der Waals surface area contributed by atoms with Gasteiger partial charge in [-0.1, -0.05) is 0 Å². The molecule has 0 amide bonds. The highest BCUT2D eigenvalue weighted by atomic mass is 16.5. The van der Waals surface area contributed by atoms with Gasteiger partial charge >= 0.3 is 0 Å². The lowest BCUT2D eigenvalue weighted by Crippen LogP contribution is -2.26. The van der Waals surface area contributed by atoms with E-state index in [0.29, 0.717) is 12.0 Å². The Bertz CT molecular complexity index is 106. The van der Waals surface area contributed by atoms with E-state index >= 15 is 0 Å². The molecular weight excluding hydrogens is 130 g/mol. The first-order valence-corrected chi connectivity index (χ1v) is 3.87. The fourth-order valence-corrected chi connectivity index (χ4v) is 1.52. The minimum absolute atomic E-state index is 0.370. The van der Waals surface area contributed by atoms with Crippen molar-refractivity contribution in [2.75, 3.05) is 32.9 Å². The number of rotatable bonds is 0. The summed E-state index contributed by atoms with van der Waals surface area (Å²) in [4.78, 5) is 0. The van der Waals surface area contributed by atoms with E-state index in [1.54, 1.807) is 0 Å². The lowest BCUT2D eigenvalue weighted by molar-refractivity contribution is 0.0410. The van der Waals surface area contributed by atoms with Crippen molar-refractivity contribution < 1.29 is 9.47 Å². The standard InChI is InChI=1S/C7H13NO2/c1-2-10-7-5-9-4-6(7)3-8-1/h6-8H,1-5H2. The third-order valence-corrected chi connectivity index (χ3v) is 2.16. The average Bonchev–Trinajstić information content (AvgIpc) is 2.28. The van der Waals surface area contributed by atoms with Crippen molar-refractivity contribution in [3.63, 3.8) is 0 Å². The van der Waals surface area contributed by atoms with Gasteiger partial charge in [0.25, 0.3) is 0 Å². The molecule has 0 saturated carbocycles. The van der Waals surface area contributed by atoms with Gasteiger partial charge in [-0.2, -0.15) is 0 Å². The minimum atomic E-state index is 0.370. The normalized spacial score (nSPS) is 40.8. The number of hydrogen-bond acceptors (Lipinski definition) is 3. The Hall–Kier alpha value is -0.120. The van der Waals surface area contributed by atoms with Gasteiger partial charge in [-0.05, 0) is 0 Å². The number of nitrogens with one attached hydrogen (secondary N) is 1. The van der Waals surface area contributed by atoms with Crippen LogP contribution in [0.2, 0.25) is 0 Å². The molecule has 2 aliphatic rings. The van der Waals surface area contributed by atoms with Crippen molar-refractivity contribution in [2.45, 2.75) is 6.10 Å². The molecule has 2 saturated heterocycles. The summed E-state index contributed by atoms with van der Waals surface area (Å²) in [5.41, 5.74) is 0. The van der Waals surface area contributed by atoms with Crippen LogP contribution in [0.5, 0.6) is 0 Å². The first kappa shape index (κ1) is 6.58. The van der Waals surface area contributed by atoms with Crippen molar-refractivity contribution in [1.29, 1.82) is 0 Å². The summed E-state index contributed by atoms with van der Waals surface area (Å²) in [6, 6.07) is 0. The second kappa shape index (κ2) is 2.86. The predicted molar refractivity (Wildman–Crippen MR) is 36.9 cm³/mol. The van der Waals surface area contributed by atoms with Gasteiger partial charge < -0.3 is 14.8 Å². The Morgan fingerprint density at radius 1 is 1.30 bits per heavy atom. The van der Waals surface area contributed by atoms with Gasteiger partial charge in [0.05, 0.1) is 25.9 Å². The van der Waals surface area contributed by atoms with Gasteiger partial charge in [0.15, 0.2) is 0 Å². The molecule has 0 aromatic carbocycles. The summed E-state index contributed by atoms with van der Waals surface area (Å²) in [5.74, 6) is 0.600. The fraction of sp³-hybridized carbons (Fsp3) is 1.00. The summed E-state index contributed by atoms with van der Waals surface area (Å²) in [6.45, 7) is 4.56. The molecule has 2 rings (SSSR count). The van der Waals surface area contributed by atoms with Crippen LogP contribution in [0.1, 0.15) is 0 Å². The Morgan fingerprint density at radius 3 is 3.30 bits per heavy atom. The predicted octanol–water partition coefficient (Wildman–Crippen LogP) is -0.379. The molecule has 0 bridgehead atoms. The van der Waals surface area contributed by atoms with Crippen molar-refractivity contribution in [3.05, 3.63) is 0 Å². The van der Waals surface area contributed by atoms with Gasteiger partial charge in [-0.3, -0.25) is 0 Å². The molecule has 0 aliphatic carbocycles. The maximum atomic E-state index is 5.54. The van der Waals surface area contributed by atoms with E-state index in [2.05, 4.69) is 5.32 Å². The molecule has 0 aromatic rings. The second-order valence-corrected chi connectivity index (χ2v) is 2.91. The quantitative estimate of drug-likeness (QED) is 0.501. The molecule has 2 aliphatic heterocycles. The van der Waals surface area contributed by atoms with Gasteiger partial charge in [-0.15, -0.1) is 0 Å². The van der Waals surface area contributed by atoms with Crippen LogP contribution in [0.3, 0.4) is 0 Å². The van der Waals surface area contributed by atoms with E-state index in [0.717, 1.165) is 32.9 Å². The molecule has 10 heavy (non-hydrogen) atoms. The van der Waals surface area contributed by atoms with Crippen LogP contribution in [0.25, 0.3) is 0 Å². The molecule has 1 N–H and O–H groups in total. The molecule has 0 aromatic heterocycles. The topological polar surface area (TPSA) is 30.5 Å². The van der Waals surface area contributed by atoms with E-state index < -0.39 is 0 Å². The first-order chi connectivity index (χ1) is 4.97. The van der Waals surface area contributed by atoms with E-state index in [4.69, 9.17) is 9.47 Å². The van der Waals surface area contributed by atoms with Gasteiger partial charge in [0.1, 0.15) is 0 Å². The highest BCUT2D eigenvalue weighted by Crippen LogP contribution is 2.17. The second-order valence-electron chi connectivity index (χ2n) is 2.91. The van der Waals surface area contributed by atoms with Crippen molar-refractivity contribution in [1.82, 2.24) is 5.32 Å². The molecule has 2 fully saturated rings. The minimum Gasteiger partial charge on any atom is -0.378 e. The average molecular weight is 143 g/mol. The summed E-state index contributed by atoms with van der Waals surface area (Å²) in [7, 11) is 0. The Labute approximate surface area is 60.7 Å². The first-order valence-electron chi connectivity index (χ1n) is 3.87. The van der Waals surface area contributed by atoms with Crippen molar-refractivity contribution in [2.24, 2.45) is 5.92 Å². The summed E-state index contributed by atoms with van der Waals surface area (Å²) < 4.78 is 10.8. The van der Waals surface area contributed by atoms with Crippen molar-refractivity contribution in [3.8, 4) is 0 Å². The molecule has 58 valence electrons. The summed E-state index contributed by atoms with van der Waals surface area (Å²) in [6.07, 6.45) is 0.370. The zero-order chi connectivity index (χ0) is 6.81. The van der Waals surface area contributed by atoms with E-state index in [-0.39, 0.29) is 0 Å². The van der Waals surface area contributed by atoms with Crippen LogP contribution in [-0.2, 0) is 9.47 Å². The van der Waals surface area contributed by atoms with Gasteiger partial charge in [0, 0.05) is 19.0 Å². The largest absolute Gasteiger partial charge is 0.378 e. The third-order valence-electron chi connectivity index (χ3n) is 2.16. The fourth-order valence-electron chi connectivity index (χ4n) is 1.52. The monoisotopic (exact) mass is 143 g/mol. The molecular formula is C7H13NO2. The van der Waals surface area contributed by atoms with E-state index in [9.17, 15) is 0 Å². The molecule has 0 radical (unpaired) electrons. The summed E-state index contributed by atoms with van der Waals surface area (Å²) >= 11 is 0. The maximum Gasteiger partial charge on any atom is 0.0871 e. The molecule has 0 spiro atoms. The maximum absolute atomic E-state index is 5.54. The van der Waals surface area contributed by atoms with Crippen LogP contribution in [0.15, 0.2) is 0 Å². The Balaban J connectivity index is 1.95. The summed E-state index contributed by atoms with van der Waals surface area (Å²) in [5, 5.41) is 3.31. The molecule has 2 heterocycles. The van der Waals surface area contributed by atoms with Gasteiger partial charge in [-0.25, -0.2) is 0 Å². The van der Waals surface area contributed by atoms with Crippen LogP contribution in [0.4, 0.5) is 0 Å². The highest BCUT2D eigenvalue weighted by molar-refractivity contribution is 4.79. The Kier molecular flexibility index (Phi) is 1.88. The van der Waals surface area contributed by atoms with E-state index in [1.807, 2.05) is 0 Å². The van der Waals surface area contributed by atoms with Crippen LogP contribution >= 0.6 is 0 Å². The SMILES string of the molecule is C1COC2COCC2CN1. The molecule has 3 heteroatoms. The van der Waals surface area contributed by atoms with Crippen LogP contribution < -0.4 is 5.32 Å². The number of ether oxygens (including phenoxy) is 2. The molecule has 2 unspecified atom stereocenters. The lowest BCUT2D eigenvalue weighted by Gasteiger charge is -2.11. The third kappa shape index (κ3) is 1.17. The van der Waals surface area contributed by atoms with Crippen LogP contribution in [0, 0.1) is 5.92 Å². The molecule has 2 atom stereocenters. The molecule has 3 nitrogen and oxygen atoms in total. The number of fused-ring (bicyclic) bond motifs is 1. The van der Waals surface area contributed by atoms with E-state index in [1.165, 1.54) is 0 Å². The number of hydrogen-bond donors (Lipinski definition) is 1. The lowest BCUT2D eigenvalue weighted by atomic mass is 10.1. The smallest absolute Gasteiger partial charge is 0.0871 e.